The van der Waals surface area contributed by atoms with Crippen molar-refractivity contribution in [2.24, 2.45) is 5.73 Å². The van der Waals surface area contributed by atoms with E-state index in [4.69, 9.17) is 10.8 Å². The van der Waals surface area contributed by atoms with Crippen molar-refractivity contribution < 1.29 is 9.90 Å². The summed E-state index contributed by atoms with van der Waals surface area (Å²) in [4.78, 5) is 11.9. The number of carbonyl (C=O) groups excluding carboxylic acids is 1. The molecule has 5 nitrogen and oxygen atoms in total. The fraction of sp³-hybridized carbons (Fsp3) is 0.833. The summed E-state index contributed by atoms with van der Waals surface area (Å²) in [5.41, 5.74) is 4.94. The van der Waals surface area contributed by atoms with Crippen LogP contribution in [0.3, 0.4) is 0 Å². The quantitative estimate of drug-likeness (QED) is 0.419. The Labute approximate surface area is 66.2 Å². The van der Waals surface area contributed by atoms with Crippen LogP contribution in [-0.4, -0.2) is 42.4 Å². The van der Waals surface area contributed by atoms with E-state index < -0.39 is 12.1 Å². The minimum absolute atomic E-state index is 0.0680. The summed E-state index contributed by atoms with van der Waals surface area (Å²) < 4.78 is 0. The molecule has 0 aromatic heterocycles. The third-order valence-electron chi connectivity index (χ3n) is 1.25. The van der Waals surface area contributed by atoms with Gasteiger partial charge in [-0.15, -0.1) is 0 Å². The first kappa shape index (κ1) is 10.3. The van der Waals surface area contributed by atoms with Crippen molar-refractivity contribution in [3.63, 3.8) is 0 Å². The predicted octanol–water partition coefficient (Wildman–Crippen LogP) is -1.71. The molecular weight excluding hydrogens is 146 g/mol. The van der Waals surface area contributed by atoms with Gasteiger partial charge in [0.2, 0.25) is 5.91 Å². The molecule has 1 amide bonds. The van der Waals surface area contributed by atoms with Crippen molar-refractivity contribution in [1.29, 1.82) is 0 Å². The van der Waals surface area contributed by atoms with Crippen LogP contribution in [0.1, 0.15) is 6.92 Å². The third-order valence-corrected chi connectivity index (χ3v) is 1.25. The number of nitrogens with zero attached hydrogens (tertiary/aromatic N) is 1. The minimum atomic E-state index is -0.657. The van der Waals surface area contributed by atoms with Crippen LogP contribution in [0, 0.1) is 0 Å². The Kier molecular flexibility index (Phi) is 4.76. The van der Waals surface area contributed by atoms with Gasteiger partial charge in [-0.3, -0.25) is 9.69 Å². The number of nitrogens with one attached hydrogen (secondary N) is 1. The van der Waals surface area contributed by atoms with Gasteiger partial charge in [-0.2, -0.15) is 0 Å². The van der Waals surface area contributed by atoms with E-state index in [2.05, 4.69) is 5.32 Å². The predicted molar refractivity (Wildman–Crippen MR) is 41.5 cm³/mol. The maximum atomic E-state index is 10.4. The van der Waals surface area contributed by atoms with Crippen LogP contribution < -0.4 is 11.1 Å². The number of carbonyl (C=O) groups is 1. The van der Waals surface area contributed by atoms with Crippen molar-refractivity contribution in [2.45, 2.75) is 13.2 Å². The number of hydrogen-bond donors (Lipinski definition) is 3. The molecule has 4 N–H and O–H groups in total. The molecule has 0 bridgehead atoms. The van der Waals surface area contributed by atoms with Crippen LogP contribution in [0.25, 0.3) is 0 Å². The molecule has 0 aromatic rings. The standard InChI is InChI=1S/C6H15N3O2/c1-5(10)9(4-8-2)3-6(7)11/h5,8,10H,3-4H2,1-2H3,(H2,7,11). The average Bonchev–Trinajstić information content (AvgIpc) is 1.86. The summed E-state index contributed by atoms with van der Waals surface area (Å²) >= 11 is 0. The van der Waals surface area contributed by atoms with E-state index in [0.29, 0.717) is 6.67 Å². The molecule has 0 fully saturated rings. The van der Waals surface area contributed by atoms with Gasteiger partial charge in [0.1, 0.15) is 6.23 Å². The second kappa shape index (κ2) is 5.06. The first-order valence-corrected chi connectivity index (χ1v) is 3.43. The first-order valence-electron chi connectivity index (χ1n) is 3.43. The van der Waals surface area contributed by atoms with Crippen LogP contribution in [0.15, 0.2) is 0 Å². The molecule has 66 valence electrons. The fourth-order valence-corrected chi connectivity index (χ4v) is 0.723. The van der Waals surface area contributed by atoms with Crippen molar-refractivity contribution in [3.05, 3.63) is 0 Å². The molecule has 1 atom stereocenters. The van der Waals surface area contributed by atoms with Gasteiger partial charge < -0.3 is 16.2 Å². The lowest BCUT2D eigenvalue weighted by Crippen LogP contribution is -2.44. The zero-order valence-electron chi connectivity index (χ0n) is 6.87. The van der Waals surface area contributed by atoms with Gasteiger partial charge in [0, 0.05) is 0 Å². The van der Waals surface area contributed by atoms with E-state index in [1.807, 2.05) is 0 Å². The maximum Gasteiger partial charge on any atom is 0.231 e. The number of aliphatic hydroxyl groups is 1. The van der Waals surface area contributed by atoms with Gasteiger partial charge in [-0.25, -0.2) is 0 Å². The van der Waals surface area contributed by atoms with E-state index in [1.54, 1.807) is 14.0 Å². The smallest absolute Gasteiger partial charge is 0.231 e. The molecule has 0 aliphatic heterocycles. The first-order chi connectivity index (χ1) is 5.07. The minimum Gasteiger partial charge on any atom is -0.379 e. The van der Waals surface area contributed by atoms with Crippen LogP contribution >= 0.6 is 0 Å². The molecule has 5 heteroatoms. The zero-order chi connectivity index (χ0) is 8.85. The Hall–Kier alpha value is -0.650. The molecule has 0 saturated heterocycles. The topological polar surface area (TPSA) is 78.6 Å². The molecule has 0 saturated carbocycles. The number of aliphatic hydroxyl groups excluding tert-OH is 1. The summed E-state index contributed by atoms with van der Waals surface area (Å²) in [5, 5.41) is 11.9. The Balaban J connectivity index is 3.79. The van der Waals surface area contributed by atoms with E-state index in [1.165, 1.54) is 4.90 Å². The SMILES string of the molecule is CNCN(CC(N)=O)C(C)O. The Morgan fingerprint density at radius 1 is 1.82 bits per heavy atom. The lowest BCUT2D eigenvalue weighted by Gasteiger charge is -2.22. The molecule has 0 heterocycles. The lowest BCUT2D eigenvalue weighted by atomic mass is 10.5. The average molecular weight is 161 g/mol. The number of hydrogen-bond acceptors (Lipinski definition) is 4. The van der Waals surface area contributed by atoms with E-state index >= 15 is 0 Å². The van der Waals surface area contributed by atoms with Gasteiger partial charge in [0.05, 0.1) is 13.2 Å². The third kappa shape index (κ3) is 4.72. The molecule has 0 aliphatic carbocycles. The van der Waals surface area contributed by atoms with E-state index in [0.717, 1.165) is 0 Å². The lowest BCUT2D eigenvalue weighted by molar-refractivity contribution is -0.121. The second-order valence-electron chi connectivity index (χ2n) is 2.36. The number of nitrogens with two attached hydrogens (primary N) is 1. The normalized spacial score (nSPS) is 13.5. The van der Waals surface area contributed by atoms with Crippen LogP contribution in [0.5, 0.6) is 0 Å². The summed E-state index contributed by atoms with van der Waals surface area (Å²) in [5.74, 6) is -0.443. The van der Waals surface area contributed by atoms with Crippen molar-refractivity contribution in [3.8, 4) is 0 Å². The van der Waals surface area contributed by atoms with Crippen molar-refractivity contribution in [1.82, 2.24) is 10.2 Å². The highest BCUT2D eigenvalue weighted by molar-refractivity contribution is 5.75. The summed E-state index contributed by atoms with van der Waals surface area (Å²) in [6.07, 6.45) is -0.657. The van der Waals surface area contributed by atoms with Gasteiger partial charge >= 0.3 is 0 Å². The molecule has 0 rings (SSSR count). The van der Waals surface area contributed by atoms with Gasteiger partial charge in [0.25, 0.3) is 0 Å². The Bertz CT molecular complexity index is 127. The Morgan fingerprint density at radius 2 is 2.36 bits per heavy atom. The largest absolute Gasteiger partial charge is 0.379 e. The number of rotatable bonds is 5. The van der Waals surface area contributed by atoms with Crippen LogP contribution in [-0.2, 0) is 4.79 Å². The highest BCUT2D eigenvalue weighted by Crippen LogP contribution is 1.90. The van der Waals surface area contributed by atoms with Crippen molar-refractivity contribution >= 4 is 5.91 Å². The maximum absolute atomic E-state index is 10.4. The molecule has 11 heavy (non-hydrogen) atoms. The van der Waals surface area contributed by atoms with Gasteiger partial charge in [-0.05, 0) is 14.0 Å². The highest BCUT2D eigenvalue weighted by atomic mass is 16.3. The van der Waals surface area contributed by atoms with E-state index in [9.17, 15) is 4.79 Å². The Morgan fingerprint density at radius 3 is 2.64 bits per heavy atom. The van der Waals surface area contributed by atoms with Crippen molar-refractivity contribution in [2.75, 3.05) is 20.3 Å². The summed E-state index contributed by atoms with van der Waals surface area (Å²) in [7, 11) is 1.73. The highest BCUT2D eigenvalue weighted by Gasteiger charge is 2.11. The van der Waals surface area contributed by atoms with Crippen LogP contribution in [0.4, 0.5) is 0 Å². The van der Waals surface area contributed by atoms with Gasteiger partial charge in [-0.1, -0.05) is 0 Å². The number of amides is 1. The summed E-state index contributed by atoms with van der Waals surface area (Å²) in [6.45, 7) is 2.10. The second-order valence-corrected chi connectivity index (χ2v) is 2.36. The number of primary amides is 1. The van der Waals surface area contributed by atoms with Gasteiger partial charge in [0.15, 0.2) is 0 Å². The molecule has 0 aromatic carbocycles. The molecule has 1 unspecified atom stereocenters. The molecule has 0 aliphatic rings. The zero-order valence-corrected chi connectivity index (χ0v) is 6.87. The van der Waals surface area contributed by atoms with E-state index in [-0.39, 0.29) is 6.54 Å². The van der Waals surface area contributed by atoms with Crippen LogP contribution in [0.2, 0.25) is 0 Å². The molecular formula is C6H15N3O2. The molecule has 0 spiro atoms. The monoisotopic (exact) mass is 161 g/mol. The summed E-state index contributed by atoms with van der Waals surface area (Å²) in [6, 6.07) is 0. The molecule has 0 radical (unpaired) electrons. The fourth-order valence-electron chi connectivity index (χ4n) is 0.723.